The molecule has 1 unspecified atom stereocenters. The molecule has 0 saturated carbocycles. The molecule has 1 N–H and O–H groups in total. The lowest BCUT2D eigenvalue weighted by atomic mass is 10.2. The van der Waals surface area contributed by atoms with Gasteiger partial charge in [-0.3, -0.25) is 4.68 Å². The standard InChI is InChI=1S/C9H14N2O/c1-7(12)4-5-9-6-11(3)10-8(9)2/h4-7,12H,1-3H3/b5-4+. The van der Waals surface area contributed by atoms with Gasteiger partial charge in [0.2, 0.25) is 0 Å². The monoisotopic (exact) mass is 166 g/mol. The van der Waals surface area contributed by atoms with Gasteiger partial charge in [-0.25, -0.2) is 0 Å². The van der Waals surface area contributed by atoms with Gasteiger partial charge >= 0.3 is 0 Å². The molecule has 0 amide bonds. The number of nitrogens with zero attached hydrogens (tertiary/aromatic N) is 2. The van der Waals surface area contributed by atoms with Gasteiger partial charge in [0.05, 0.1) is 11.8 Å². The molecule has 0 aromatic carbocycles. The van der Waals surface area contributed by atoms with E-state index in [1.165, 1.54) is 0 Å². The molecule has 0 fully saturated rings. The minimum atomic E-state index is -0.399. The maximum Gasteiger partial charge on any atom is 0.0696 e. The smallest absolute Gasteiger partial charge is 0.0696 e. The van der Waals surface area contributed by atoms with Gasteiger partial charge in [0, 0.05) is 18.8 Å². The molecule has 0 aliphatic carbocycles. The van der Waals surface area contributed by atoms with E-state index in [0.717, 1.165) is 11.3 Å². The van der Waals surface area contributed by atoms with Crippen LogP contribution in [0.1, 0.15) is 18.2 Å². The van der Waals surface area contributed by atoms with Crippen LogP contribution in [0.4, 0.5) is 0 Å². The summed E-state index contributed by atoms with van der Waals surface area (Å²) in [5, 5.41) is 13.2. The molecular formula is C9H14N2O. The van der Waals surface area contributed by atoms with Crippen molar-refractivity contribution in [2.45, 2.75) is 20.0 Å². The van der Waals surface area contributed by atoms with E-state index in [1.807, 2.05) is 26.2 Å². The van der Waals surface area contributed by atoms with E-state index in [9.17, 15) is 0 Å². The Bertz CT molecular complexity index is 287. The lowest BCUT2D eigenvalue weighted by Gasteiger charge is -1.92. The Morgan fingerprint density at radius 3 is 2.75 bits per heavy atom. The number of aliphatic hydroxyl groups is 1. The average Bonchev–Trinajstić information content (AvgIpc) is 2.26. The molecular weight excluding hydrogens is 152 g/mol. The van der Waals surface area contributed by atoms with Crippen LogP contribution in [0.5, 0.6) is 0 Å². The zero-order valence-corrected chi connectivity index (χ0v) is 7.65. The molecule has 1 aromatic rings. The predicted octanol–water partition coefficient (Wildman–Crippen LogP) is 1.12. The third kappa shape index (κ3) is 2.20. The van der Waals surface area contributed by atoms with Crippen LogP contribution < -0.4 is 0 Å². The van der Waals surface area contributed by atoms with Crippen molar-refractivity contribution < 1.29 is 5.11 Å². The highest BCUT2D eigenvalue weighted by Gasteiger charge is 1.98. The van der Waals surface area contributed by atoms with Crippen molar-refractivity contribution in [3.8, 4) is 0 Å². The molecule has 0 aliphatic heterocycles. The van der Waals surface area contributed by atoms with E-state index >= 15 is 0 Å². The minimum Gasteiger partial charge on any atom is -0.389 e. The summed E-state index contributed by atoms with van der Waals surface area (Å²) in [6.45, 7) is 3.67. The second-order valence-electron chi connectivity index (χ2n) is 2.94. The average molecular weight is 166 g/mol. The first-order valence-electron chi connectivity index (χ1n) is 3.96. The predicted molar refractivity (Wildman–Crippen MR) is 48.7 cm³/mol. The molecule has 12 heavy (non-hydrogen) atoms. The fourth-order valence-corrected chi connectivity index (χ4v) is 1.02. The van der Waals surface area contributed by atoms with Crippen molar-refractivity contribution >= 4 is 6.08 Å². The fraction of sp³-hybridized carbons (Fsp3) is 0.444. The van der Waals surface area contributed by atoms with Crippen LogP contribution in [0.3, 0.4) is 0 Å². The zero-order valence-electron chi connectivity index (χ0n) is 7.65. The van der Waals surface area contributed by atoms with Crippen LogP contribution in [0, 0.1) is 6.92 Å². The zero-order chi connectivity index (χ0) is 9.14. The summed E-state index contributed by atoms with van der Waals surface area (Å²) in [6, 6.07) is 0. The van der Waals surface area contributed by atoms with Gasteiger partial charge in [0.15, 0.2) is 0 Å². The quantitative estimate of drug-likeness (QED) is 0.715. The Morgan fingerprint density at radius 1 is 1.67 bits per heavy atom. The van der Waals surface area contributed by atoms with E-state index in [4.69, 9.17) is 5.11 Å². The van der Waals surface area contributed by atoms with Crippen LogP contribution in [0.25, 0.3) is 6.08 Å². The van der Waals surface area contributed by atoms with Crippen LogP contribution in [-0.4, -0.2) is 21.0 Å². The molecule has 0 aliphatic rings. The van der Waals surface area contributed by atoms with Gasteiger partial charge < -0.3 is 5.11 Å². The first-order valence-corrected chi connectivity index (χ1v) is 3.96. The van der Waals surface area contributed by atoms with Crippen LogP contribution in [0.2, 0.25) is 0 Å². The topological polar surface area (TPSA) is 38.0 Å². The summed E-state index contributed by atoms with van der Waals surface area (Å²) >= 11 is 0. The number of aliphatic hydroxyl groups excluding tert-OH is 1. The first-order chi connectivity index (χ1) is 5.59. The van der Waals surface area contributed by atoms with E-state index in [1.54, 1.807) is 17.7 Å². The maximum absolute atomic E-state index is 9.00. The number of aryl methyl sites for hydroxylation is 2. The lowest BCUT2D eigenvalue weighted by molar-refractivity contribution is 0.245. The molecule has 0 spiro atoms. The van der Waals surface area contributed by atoms with Crippen LogP contribution >= 0.6 is 0 Å². The molecule has 1 heterocycles. The summed E-state index contributed by atoms with van der Waals surface area (Å²) in [5.74, 6) is 0. The molecule has 66 valence electrons. The summed E-state index contributed by atoms with van der Waals surface area (Å²) < 4.78 is 1.76. The minimum absolute atomic E-state index is 0.399. The third-order valence-corrected chi connectivity index (χ3v) is 1.61. The molecule has 1 aromatic heterocycles. The second kappa shape index (κ2) is 3.54. The summed E-state index contributed by atoms with van der Waals surface area (Å²) in [5.41, 5.74) is 2.04. The SMILES string of the molecule is Cc1nn(C)cc1/C=C/C(C)O. The van der Waals surface area contributed by atoms with Crippen molar-refractivity contribution in [1.82, 2.24) is 9.78 Å². The van der Waals surface area contributed by atoms with Crippen molar-refractivity contribution in [3.63, 3.8) is 0 Å². The third-order valence-electron chi connectivity index (χ3n) is 1.61. The molecule has 3 heteroatoms. The number of rotatable bonds is 2. The first kappa shape index (κ1) is 9.00. The van der Waals surface area contributed by atoms with Gasteiger partial charge in [0.25, 0.3) is 0 Å². The summed E-state index contributed by atoms with van der Waals surface area (Å²) in [4.78, 5) is 0. The Labute approximate surface area is 72.3 Å². The van der Waals surface area contributed by atoms with Gasteiger partial charge in [0.1, 0.15) is 0 Å². The Morgan fingerprint density at radius 2 is 2.33 bits per heavy atom. The van der Waals surface area contributed by atoms with Crippen molar-refractivity contribution in [2.24, 2.45) is 7.05 Å². The highest BCUT2D eigenvalue weighted by Crippen LogP contribution is 2.06. The van der Waals surface area contributed by atoms with E-state index < -0.39 is 6.10 Å². The molecule has 0 saturated heterocycles. The maximum atomic E-state index is 9.00. The Hall–Kier alpha value is -1.09. The normalized spacial score (nSPS) is 14.0. The fourth-order valence-electron chi connectivity index (χ4n) is 1.02. The summed E-state index contributed by atoms with van der Waals surface area (Å²) in [6.07, 6.45) is 5.15. The second-order valence-corrected chi connectivity index (χ2v) is 2.94. The van der Waals surface area contributed by atoms with E-state index in [0.29, 0.717) is 0 Å². The van der Waals surface area contributed by atoms with Crippen molar-refractivity contribution in [1.29, 1.82) is 0 Å². The molecule has 0 radical (unpaired) electrons. The lowest BCUT2D eigenvalue weighted by Crippen LogP contribution is -1.91. The summed E-state index contributed by atoms with van der Waals surface area (Å²) in [7, 11) is 1.88. The van der Waals surface area contributed by atoms with Crippen LogP contribution in [-0.2, 0) is 7.05 Å². The highest BCUT2D eigenvalue weighted by molar-refractivity contribution is 5.50. The van der Waals surface area contributed by atoms with Crippen LogP contribution in [0.15, 0.2) is 12.3 Å². The Kier molecular flexibility index (Phi) is 2.65. The van der Waals surface area contributed by atoms with Gasteiger partial charge in [-0.2, -0.15) is 5.10 Å². The van der Waals surface area contributed by atoms with E-state index in [2.05, 4.69) is 5.10 Å². The number of hydrogen-bond acceptors (Lipinski definition) is 2. The molecule has 3 nitrogen and oxygen atoms in total. The molecule has 0 bridgehead atoms. The molecule has 1 rings (SSSR count). The van der Waals surface area contributed by atoms with Crippen molar-refractivity contribution in [2.75, 3.05) is 0 Å². The van der Waals surface area contributed by atoms with Gasteiger partial charge in [-0.05, 0) is 13.8 Å². The number of aromatic nitrogens is 2. The molecule has 1 atom stereocenters. The van der Waals surface area contributed by atoms with Gasteiger partial charge in [-0.1, -0.05) is 12.2 Å². The van der Waals surface area contributed by atoms with Crippen molar-refractivity contribution in [3.05, 3.63) is 23.5 Å². The highest BCUT2D eigenvalue weighted by atomic mass is 16.3. The Balaban J connectivity index is 2.81. The van der Waals surface area contributed by atoms with Gasteiger partial charge in [-0.15, -0.1) is 0 Å². The largest absolute Gasteiger partial charge is 0.389 e. The van der Waals surface area contributed by atoms with E-state index in [-0.39, 0.29) is 0 Å². The number of hydrogen-bond donors (Lipinski definition) is 1.